The molecular formula is C19H27N3O5. The van der Waals surface area contributed by atoms with Crippen molar-refractivity contribution in [2.45, 2.75) is 19.0 Å². The largest absolute Gasteiger partial charge is 0.493 e. The number of carbonyl (C=O) groups is 2. The molecule has 8 nitrogen and oxygen atoms in total. The predicted octanol–water partition coefficient (Wildman–Crippen LogP) is 0.253. The van der Waals surface area contributed by atoms with Gasteiger partial charge in [0.1, 0.15) is 0 Å². The van der Waals surface area contributed by atoms with E-state index in [-0.39, 0.29) is 18.2 Å². The smallest absolute Gasteiger partial charge is 0.237 e. The SMILES string of the molecule is COc1cccc(CN2CCNC(=O)C2CC(=O)N2CCOCC2)c1OC. The van der Waals surface area contributed by atoms with E-state index in [1.54, 1.807) is 19.1 Å². The fraction of sp³-hybridized carbons (Fsp3) is 0.579. The van der Waals surface area contributed by atoms with Crippen LogP contribution in [0.3, 0.4) is 0 Å². The molecule has 2 heterocycles. The van der Waals surface area contributed by atoms with Crippen molar-refractivity contribution < 1.29 is 23.8 Å². The third-order valence-corrected chi connectivity index (χ3v) is 5.03. The maximum atomic E-state index is 12.7. The molecule has 2 aliphatic rings. The van der Waals surface area contributed by atoms with Crippen molar-refractivity contribution in [2.24, 2.45) is 0 Å². The quantitative estimate of drug-likeness (QED) is 0.766. The number of benzene rings is 1. The third-order valence-electron chi connectivity index (χ3n) is 5.03. The van der Waals surface area contributed by atoms with Gasteiger partial charge in [-0.3, -0.25) is 14.5 Å². The zero-order valence-corrected chi connectivity index (χ0v) is 15.9. The number of carbonyl (C=O) groups excluding carboxylic acids is 2. The van der Waals surface area contributed by atoms with Crippen molar-refractivity contribution >= 4 is 11.8 Å². The van der Waals surface area contributed by atoms with Crippen molar-refractivity contribution in [3.8, 4) is 11.5 Å². The van der Waals surface area contributed by atoms with E-state index < -0.39 is 6.04 Å². The zero-order valence-electron chi connectivity index (χ0n) is 15.9. The highest BCUT2D eigenvalue weighted by atomic mass is 16.5. The van der Waals surface area contributed by atoms with Crippen LogP contribution in [0.4, 0.5) is 0 Å². The Hall–Kier alpha value is -2.32. The Balaban J connectivity index is 1.74. The van der Waals surface area contributed by atoms with Crippen molar-refractivity contribution in [1.82, 2.24) is 15.1 Å². The summed E-state index contributed by atoms with van der Waals surface area (Å²) in [5.74, 6) is 1.19. The van der Waals surface area contributed by atoms with Gasteiger partial charge < -0.3 is 24.4 Å². The van der Waals surface area contributed by atoms with Gasteiger partial charge in [0.2, 0.25) is 11.8 Å². The number of nitrogens with zero attached hydrogens (tertiary/aromatic N) is 2. The van der Waals surface area contributed by atoms with Crippen LogP contribution in [0.5, 0.6) is 11.5 Å². The second kappa shape index (κ2) is 9.05. The number of amides is 2. The molecule has 8 heteroatoms. The first-order valence-corrected chi connectivity index (χ1v) is 9.21. The van der Waals surface area contributed by atoms with E-state index >= 15 is 0 Å². The molecule has 2 amide bonds. The van der Waals surface area contributed by atoms with Crippen molar-refractivity contribution in [2.75, 3.05) is 53.6 Å². The second-order valence-electron chi connectivity index (χ2n) is 6.63. The van der Waals surface area contributed by atoms with Crippen LogP contribution < -0.4 is 14.8 Å². The lowest BCUT2D eigenvalue weighted by molar-refractivity contribution is -0.141. The monoisotopic (exact) mass is 377 g/mol. The maximum Gasteiger partial charge on any atom is 0.237 e. The molecule has 0 radical (unpaired) electrons. The minimum Gasteiger partial charge on any atom is -0.493 e. The Morgan fingerprint density at radius 2 is 2.00 bits per heavy atom. The molecule has 2 aliphatic heterocycles. The standard InChI is InChI=1S/C19H27N3O5/c1-25-16-5-3-4-14(18(16)26-2)13-22-7-6-20-19(24)15(22)12-17(23)21-8-10-27-11-9-21/h3-5,15H,6-13H2,1-2H3,(H,20,24). The van der Waals surface area contributed by atoms with Gasteiger partial charge in [0.25, 0.3) is 0 Å². The minimum absolute atomic E-state index is 0.0112. The van der Waals surface area contributed by atoms with Crippen LogP contribution >= 0.6 is 0 Å². The molecular weight excluding hydrogens is 350 g/mol. The van der Waals surface area contributed by atoms with E-state index in [1.807, 2.05) is 23.1 Å². The van der Waals surface area contributed by atoms with Crippen LogP contribution in [-0.2, 0) is 20.9 Å². The molecule has 1 atom stereocenters. The number of morpholine rings is 1. The molecule has 0 saturated carbocycles. The molecule has 27 heavy (non-hydrogen) atoms. The van der Waals surface area contributed by atoms with Gasteiger partial charge in [-0.25, -0.2) is 0 Å². The summed E-state index contributed by atoms with van der Waals surface area (Å²) in [6.07, 6.45) is 0.165. The van der Waals surface area contributed by atoms with Crippen LogP contribution in [0.1, 0.15) is 12.0 Å². The number of piperazine rings is 1. The van der Waals surface area contributed by atoms with Gasteiger partial charge >= 0.3 is 0 Å². The number of methoxy groups -OCH3 is 2. The molecule has 1 aromatic rings. The highest BCUT2D eigenvalue weighted by Gasteiger charge is 2.33. The average Bonchev–Trinajstić information content (AvgIpc) is 2.70. The van der Waals surface area contributed by atoms with Gasteiger partial charge in [-0.2, -0.15) is 0 Å². The molecule has 1 aromatic carbocycles. The summed E-state index contributed by atoms with van der Waals surface area (Å²) >= 11 is 0. The van der Waals surface area contributed by atoms with Crippen LogP contribution in [-0.4, -0.2) is 81.3 Å². The Morgan fingerprint density at radius 1 is 1.22 bits per heavy atom. The number of hydrogen-bond donors (Lipinski definition) is 1. The first-order valence-electron chi connectivity index (χ1n) is 9.21. The van der Waals surface area contributed by atoms with Gasteiger partial charge in [-0.15, -0.1) is 0 Å². The lowest BCUT2D eigenvalue weighted by Crippen LogP contribution is -2.56. The van der Waals surface area contributed by atoms with Gasteiger partial charge in [0.05, 0.1) is 39.9 Å². The van der Waals surface area contributed by atoms with E-state index in [0.717, 1.165) is 5.56 Å². The lowest BCUT2D eigenvalue weighted by atomic mass is 10.1. The van der Waals surface area contributed by atoms with Gasteiger partial charge in [0, 0.05) is 38.3 Å². The maximum absolute atomic E-state index is 12.7. The lowest BCUT2D eigenvalue weighted by Gasteiger charge is -2.36. The zero-order chi connectivity index (χ0) is 19.2. The summed E-state index contributed by atoms with van der Waals surface area (Å²) in [6, 6.07) is 5.19. The first-order chi connectivity index (χ1) is 13.1. The minimum atomic E-state index is -0.495. The molecule has 0 aromatic heterocycles. The summed E-state index contributed by atoms with van der Waals surface area (Å²) in [4.78, 5) is 28.9. The molecule has 0 bridgehead atoms. The molecule has 1 unspecified atom stereocenters. The van der Waals surface area contributed by atoms with Gasteiger partial charge in [-0.05, 0) is 6.07 Å². The predicted molar refractivity (Wildman–Crippen MR) is 98.8 cm³/mol. The Kier molecular flexibility index (Phi) is 6.52. The van der Waals surface area contributed by atoms with E-state index in [0.29, 0.717) is 57.4 Å². The number of rotatable bonds is 6. The summed E-state index contributed by atoms with van der Waals surface area (Å²) in [7, 11) is 3.20. The number of nitrogens with one attached hydrogen (secondary N) is 1. The highest BCUT2D eigenvalue weighted by molar-refractivity contribution is 5.88. The highest BCUT2D eigenvalue weighted by Crippen LogP contribution is 2.32. The molecule has 0 spiro atoms. The molecule has 0 aliphatic carbocycles. The third kappa shape index (κ3) is 4.51. The van der Waals surface area contributed by atoms with E-state index in [2.05, 4.69) is 5.32 Å². The number of para-hydroxylation sites is 1. The summed E-state index contributed by atoms with van der Waals surface area (Å²) in [5, 5.41) is 2.88. The summed E-state index contributed by atoms with van der Waals surface area (Å²) in [6.45, 7) is 4.00. The molecule has 2 fully saturated rings. The van der Waals surface area contributed by atoms with E-state index in [4.69, 9.17) is 14.2 Å². The first kappa shape index (κ1) is 19.4. The van der Waals surface area contributed by atoms with Crippen LogP contribution in [0.25, 0.3) is 0 Å². The fourth-order valence-corrected chi connectivity index (χ4v) is 3.58. The molecule has 148 valence electrons. The van der Waals surface area contributed by atoms with Gasteiger partial charge in [-0.1, -0.05) is 12.1 Å². The summed E-state index contributed by atoms with van der Waals surface area (Å²) < 4.78 is 16.2. The van der Waals surface area contributed by atoms with Crippen LogP contribution in [0.2, 0.25) is 0 Å². The Bertz CT molecular complexity index is 675. The topological polar surface area (TPSA) is 80.3 Å². The van der Waals surface area contributed by atoms with Crippen LogP contribution in [0.15, 0.2) is 18.2 Å². The average molecular weight is 377 g/mol. The van der Waals surface area contributed by atoms with Crippen molar-refractivity contribution in [3.05, 3.63) is 23.8 Å². The van der Waals surface area contributed by atoms with E-state index in [9.17, 15) is 9.59 Å². The molecule has 1 N–H and O–H groups in total. The van der Waals surface area contributed by atoms with Gasteiger partial charge in [0.15, 0.2) is 11.5 Å². The fourth-order valence-electron chi connectivity index (χ4n) is 3.58. The molecule has 3 rings (SSSR count). The number of hydrogen-bond acceptors (Lipinski definition) is 6. The normalized spacial score (nSPS) is 20.9. The number of ether oxygens (including phenoxy) is 3. The van der Waals surface area contributed by atoms with Crippen molar-refractivity contribution in [1.29, 1.82) is 0 Å². The second-order valence-corrected chi connectivity index (χ2v) is 6.63. The van der Waals surface area contributed by atoms with Crippen molar-refractivity contribution in [3.63, 3.8) is 0 Å². The summed E-state index contributed by atoms with van der Waals surface area (Å²) in [5.41, 5.74) is 0.926. The Labute approximate surface area is 159 Å². The van der Waals surface area contributed by atoms with Crippen LogP contribution in [0, 0.1) is 0 Å². The van der Waals surface area contributed by atoms with E-state index in [1.165, 1.54) is 0 Å². The molecule has 2 saturated heterocycles. The Morgan fingerprint density at radius 3 is 2.70 bits per heavy atom.